The van der Waals surface area contributed by atoms with Gasteiger partial charge in [-0.3, -0.25) is 4.79 Å². The van der Waals surface area contributed by atoms with Gasteiger partial charge in [0.25, 0.3) is 0 Å². The van der Waals surface area contributed by atoms with Crippen LogP contribution in [0.3, 0.4) is 0 Å². The van der Waals surface area contributed by atoms with Crippen LogP contribution in [0.1, 0.15) is 36.5 Å². The molecule has 2 N–H and O–H groups in total. The minimum Gasteiger partial charge on any atom is -0.367 e. The summed E-state index contributed by atoms with van der Waals surface area (Å²) in [6.07, 6.45) is -1.27. The number of carbonyl (C=O) groups excluding carboxylic acids is 1. The Morgan fingerprint density at radius 2 is 2.04 bits per heavy atom. The number of fused-ring (bicyclic) bond motifs is 1. The average molecular weight is 391 g/mol. The van der Waals surface area contributed by atoms with Gasteiger partial charge in [0.05, 0.1) is 0 Å². The Hall–Kier alpha value is -2.84. The highest BCUT2D eigenvalue weighted by molar-refractivity contribution is 5.73. The topological polar surface area (TPSA) is 70.2 Å². The van der Waals surface area contributed by atoms with Crippen LogP contribution in [0.4, 0.5) is 30.6 Å². The second-order valence-electron chi connectivity index (χ2n) is 7.17. The van der Waals surface area contributed by atoms with Crippen LogP contribution in [-0.2, 0) is 23.9 Å². The zero-order valence-corrected chi connectivity index (χ0v) is 15.3. The van der Waals surface area contributed by atoms with Crippen molar-refractivity contribution in [3.8, 4) is 0 Å². The third kappa shape index (κ3) is 4.02. The Morgan fingerprint density at radius 1 is 1.25 bits per heavy atom. The number of hydrogen-bond donors (Lipinski definition) is 2. The fourth-order valence-corrected chi connectivity index (χ4v) is 3.21. The molecule has 1 aromatic heterocycles. The molecule has 2 aliphatic rings. The van der Waals surface area contributed by atoms with Crippen LogP contribution in [0.25, 0.3) is 0 Å². The molecule has 1 amide bonds. The van der Waals surface area contributed by atoms with E-state index < -0.39 is 11.7 Å². The first kappa shape index (κ1) is 18.5. The number of nitrogens with zero attached hydrogens (tertiary/aromatic N) is 3. The lowest BCUT2D eigenvalue weighted by molar-refractivity contribution is -0.137. The van der Waals surface area contributed by atoms with Crippen LogP contribution in [0.5, 0.6) is 0 Å². The van der Waals surface area contributed by atoms with Crippen molar-refractivity contribution in [2.24, 2.45) is 0 Å². The predicted octanol–water partition coefficient (Wildman–Crippen LogP) is 3.72. The normalized spacial score (nSPS) is 16.5. The molecule has 0 spiro atoms. The average Bonchev–Trinajstić information content (AvgIpc) is 3.44. The molecular formula is C19H20F3N5O. The van der Waals surface area contributed by atoms with Gasteiger partial charge in [0.2, 0.25) is 11.9 Å². The van der Waals surface area contributed by atoms with Crippen LogP contribution >= 0.6 is 0 Å². The van der Waals surface area contributed by atoms with E-state index in [0.717, 1.165) is 36.6 Å². The van der Waals surface area contributed by atoms with E-state index in [4.69, 9.17) is 0 Å². The summed E-state index contributed by atoms with van der Waals surface area (Å²) in [6, 6.07) is 5.73. The monoisotopic (exact) mass is 391 g/mol. The highest BCUT2D eigenvalue weighted by Gasteiger charge is 2.36. The molecule has 148 valence electrons. The van der Waals surface area contributed by atoms with Gasteiger partial charge < -0.3 is 15.5 Å². The van der Waals surface area contributed by atoms with Gasteiger partial charge in [-0.1, -0.05) is 6.07 Å². The fraction of sp³-hybridized carbons (Fsp3) is 0.421. The van der Waals surface area contributed by atoms with Crippen molar-refractivity contribution in [2.75, 3.05) is 17.2 Å². The lowest BCUT2D eigenvalue weighted by atomic mass is 9.99. The maximum absolute atomic E-state index is 13.2. The maximum atomic E-state index is 13.2. The van der Waals surface area contributed by atoms with Crippen LogP contribution in [-0.4, -0.2) is 33.4 Å². The van der Waals surface area contributed by atoms with E-state index in [0.29, 0.717) is 18.8 Å². The molecule has 9 heteroatoms. The second kappa shape index (κ2) is 6.96. The van der Waals surface area contributed by atoms with E-state index >= 15 is 0 Å². The quantitative estimate of drug-likeness (QED) is 0.831. The minimum atomic E-state index is -4.52. The highest BCUT2D eigenvalue weighted by Crippen LogP contribution is 2.36. The minimum absolute atomic E-state index is 0.0193. The van der Waals surface area contributed by atoms with Gasteiger partial charge in [-0.15, -0.1) is 0 Å². The molecule has 0 atom stereocenters. The molecule has 6 nitrogen and oxygen atoms in total. The third-order valence-electron chi connectivity index (χ3n) is 4.93. The molecule has 0 saturated heterocycles. The van der Waals surface area contributed by atoms with Crippen LogP contribution < -0.4 is 10.6 Å². The van der Waals surface area contributed by atoms with Crippen LogP contribution in [0.15, 0.2) is 24.4 Å². The summed E-state index contributed by atoms with van der Waals surface area (Å²) in [7, 11) is 0. The Kier molecular flexibility index (Phi) is 4.60. The Labute approximate surface area is 160 Å². The standard InChI is InChI=1S/C19H20F3N5O/c1-11(28)27-7-6-12-2-3-15(8-13(12)10-27)25-18-23-9-16(19(20,21)22)17(26-18)24-14-4-5-14/h2-3,8-9,14H,4-7,10H2,1H3,(H2,23,24,25,26). The molecule has 2 heterocycles. The summed E-state index contributed by atoms with van der Waals surface area (Å²) in [5.41, 5.74) is 1.97. The van der Waals surface area contributed by atoms with Crippen molar-refractivity contribution in [1.82, 2.24) is 14.9 Å². The number of benzene rings is 1. The lowest BCUT2D eigenvalue weighted by Crippen LogP contribution is -2.34. The number of halogens is 3. The highest BCUT2D eigenvalue weighted by atomic mass is 19.4. The maximum Gasteiger partial charge on any atom is 0.421 e. The van der Waals surface area contributed by atoms with Gasteiger partial charge >= 0.3 is 6.18 Å². The molecule has 28 heavy (non-hydrogen) atoms. The van der Waals surface area contributed by atoms with Gasteiger partial charge in [0.15, 0.2) is 0 Å². The Morgan fingerprint density at radius 3 is 2.71 bits per heavy atom. The van der Waals surface area contributed by atoms with Crippen molar-refractivity contribution in [3.63, 3.8) is 0 Å². The molecule has 4 rings (SSSR count). The zero-order chi connectivity index (χ0) is 19.9. The van der Waals surface area contributed by atoms with E-state index in [1.54, 1.807) is 4.90 Å². The molecule has 0 unspecified atom stereocenters. The summed E-state index contributed by atoms with van der Waals surface area (Å²) in [6.45, 7) is 2.74. The van der Waals surface area contributed by atoms with Crippen LogP contribution in [0.2, 0.25) is 0 Å². The van der Waals surface area contributed by atoms with E-state index in [-0.39, 0.29) is 23.7 Å². The fourth-order valence-electron chi connectivity index (χ4n) is 3.21. The third-order valence-corrected chi connectivity index (χ3v) is 4.93. The second-order valence-corrected chi connectivity index (χ2v) is 7.17. The number of anilines is 3. The zero-order valence-electron chi connectivity index (χ0n) is 15.3. The molecule has 1 aliphatic carbocycles. The molecular weight excluding hydrogens is 371 g/mol. The Balaban J connectivity index is 1.57. The van der Waals surface area contributed by atoms with Gasteiger partial charge in [-0.05, 0) is 42.5 Å². The van der Waals surface area contributed by atoms with E-state index in [1.165, 1.54) is 6.92 Å². The molecule has 0 radical (unpaired) electrons. The molecule has 2 aromatic rings. The van der Waals surface area contributed by atoms with Gasteiger partial charge in [0.1, 0.15) is 11.4 Å². The first-order valence-corrected chi connectivity index (χ1v) is 9.15. The smallest absolute Gasteiger partial charge is 0.367 e. The number of nitrogens with one attached hydrogen (secondary N) is 2. The SMILES string of the molecule is CC(=O)N1CCc2ccc(Nc3ncc(C(F)(F)F)c(NC4CC4)n3)cc2C1. The molecule has 0 bridgehead atoms. The largest absolute Gasteiger partial charge is 0.421 e. The number of aromatic nitrogens is 2. The molecule has 1 aromatic carbocycles. The summed E-state index contributed by atoms with van der Waals surface area (Å²) in [5, 5.41) is 5.81. The van der Waals surface area contributed by atoms with E-state index in [1.807, 2.05) is 18.2 Å². The number of rotatable bonds is 4. The van der Waals surface area contributed by atoms with Crippen molar-refractivity contribution in [1.29, 1.82) is 0 Å². The van der Waals surface area contributed by atoms with Gasteiger partial charge in [0, 0.05) is 37.9 Å². The van der Waals surface area contributed by atoms with E-state index in [9.17, 15) is 18.0 Å². The van der Waals surface area contributed by atoms with Crippen LogP contribution in [0, 0.1) is 0 Å². The van der Waals surface area contributed by atoms with Gasteiger partial charge in [-0.25, -0.2) is 4.98 Å². The predicted molar refractivity (Wildman–Crippen MR) is 98.2 cm³/mol. The summed E-state index contributed by atoms with van der Waals surface area (Å²) in [5.74, 6) is -0.0885. The number of carbonyl (C=O) groups is 1. The van der Waals surface area contributed by atoms with Crippen molar-refractivity contribution < 1.29 is 18.0 Å². The number of alkyl halides is 3. The molecule has 1 saturated carbocycles. The summed E-state index contributed by atoms with van der Waals surface area (Å²) in [4.78, 5) is 21.3. The van der Waals surface area contributed by atoms with Crippen molar-refractivity contribution in [2.45, 2.75) is 44.9 Å². The summed E-state index contributed by atoms with van der Waals surface area (Å²) < 4.78 is 39.6. The van der Waals surface area contributed by atoms with Gasteiger partial charge in [-0.2, -0.15) is 18.2 Å². The van der Waals surface area contributed by atoms with Crippen molar-refractivity contribution in [3.05, 3.63) is 41.1 Å². The number of hydrogen-bond acceptors (Lipinski definition) is 5. The van der Waals surface area contributed by atoms with Crippen molar-refractivity contribution >= 4 is 23.4 Å². The molecule has 1 fully saturated rings. The summed E-state index contributed by atoms with van der Waals surface area (Å²) >= 11 is 0. The first-order chi connectivity index (χ1) is 13.3. The Bertz CT molecular complexity index is 911. The first-order valence-electron chi connectivity index (χ1n) is 9.15. The van der Waals surface area contributed by atoms with E-state index in [2.05, 4.69) is 20.6 Å². The molecule has 1 aliphatic heterocycles. The lowest BCUT2D eigenvalue weighted by Gasteiger charge is -2.28. The number of amides is 1.